The highest BCUT2D eigenvalue weighted by atomic mass is 16.2. The van der Waals surface area contributed by atoms with Gasteiger partial charge in [-0.2, -0.15) is 5.26 Å². The third-order valence-corrected chi connectivity index (χ3v) is 4.54. The van der Waals surface area contributed by atoms with Crippen molar-refractivity contribution in [2.45, 2.75) is 13.8 Å². The first-order valence-electron chi connectivity index (χ1n) is 8.45. The van der Waals surface area contributed by atoms with Crippen LogP contribution in [0.5, 0.6) is 0 Å². The Balaban J connectivity index is 1.61. The fourth-order valence-electron chi connectivity index (χ4n) is 3.00. The summed E-state index contributed by atoms with van der Waals surface area (Å²) in [4.78, 5) is 16.6. The van der Waals surface area contributed by atoms with Gasteiger partial charge in [-0.05, 0) is 49.2 Å². The van der Waals surface area contributed by atoms with E-state index in [-0.39, 0.29) is 6.03 Å². The highest BCUT2D eigenvalue weighted by molar-refractivity contribution is 5.90. The fourth-order valence-corrected chi connectivity index (χ4v) is 3.00. The largest absolute Gasteiger partial charge is 0.368 e. The van der Waals surface area contributed by atoms with Gasteiger partial charge in [0, 0.05) is 37.6 Å². The number of carbonyl (C=O) groups excluding carboxylic acids is 1. The monoisotopic (exact) mass is 334 g/mol. The van der Waals surface area contributed by atoms with Crippen molar-refractivity contribution in [2.24, 2.45) is 0 Å². The molecule has 0 saturated carbocycles. The van der Waals surface area contributed by atoms with Gasteiger partial charge < -0.3 is 15.1 Å². The average Bonchev–Trinajstić information content (AvgIpc) is 2.65. The van der Waals surface area contributed by atoms with Gasteiger partial charge in [-0.15, -0.1) is 0 Å². The Morgan fingerprint density at radius 1 is 1.08 bits per heavy atom. The molecule has 0 aromatic heterocycles. The van der Waals surface area contributed by atoms with Gasteiger partial charge in [0.05, 0.1) is 11.6 Å². The summed E-state index contributed by atoms with van der Waals surface area (Å²) in [5.41, 5.74) is 4.75. The normalized spacial score (nSPS) is 14.1. The zero-order valence-electron chi connectivity index (χ0n) is 14.6. The van der Waals surface area contributed by atoms with Crippen LogP contribution in [0.3, 0.4) is 0 Å². The third kappa shape index (κ3) is 3.92. The molecule has 1 aliphatic rings. The van der Waals surface area contributed by atoms with Crippen LogP contribution < -0.4 is 10.2 Å². The minimum absolute atomic E-state index is 0.0564. The van der Waals surface area contributed by atoms with E-state index in [9.17, 15) is 4.79 Å². The molecule has 1 heterocycles. The lowest BCUT2D eigenvalue weighted by Crippen LogP contribution is -2.50. The first-order chi connectivity index (χ1) is 12.1. The van der Waals surface area contributed by atoms with Gasteiger partial charge in [0.25, 0.3) is 0 Å². The SMILES string of the molecule is Cc1ccc(C)c(NC(=O)N2CCN(c3cccc(C#N)c3)CC2)c1. The molecule has 2 amide bonds. The summed E-state index contributed by atoms with van der Waals surface area (Å²) >= 11 is 0. The molecule has 0 bridgehead atoms. The van der Waals surface area contributed by atoms with Crippen molar-refractivity contribution in [2.75, 3.05) is 36.4 Å². The molecule has 2 aromatic rings. The number of nitriles is 1. The number of hydrogen-bond acceptors (Lipinski definition) is 3. The molecule has 5 heteroatoms. The third-order valence-electron chi connectivity index (χ3n) is 4.54. The molecule has 0 unspecified atom stereocenters. The van der Waals surface area contributed by atoms with E-state index in [1.165, 1.54) is 0 Å². The van der Waals surface area contributed by atoms with Crippen molar-refractivity contribution in [3.63, 3.8) is 0 Å². The number of benzene rings is 2. The number of hydrogen-bond donors (Lipinski definition) is 1. The Morgan fingerprint density at radius 2 is 1.84 bits per heavy atom. The second-order valence-corrected chi connectivity index (χ2v) is 6.38. The molecule has 2 aromatic carbocycles. The molecule has 3 rings (SSSR count). The maximum absolute atomic E-state index is 12.5. The van der Waals surface area contributed by atoms with E-state index in [0.29, 0.717) is 18.7 Å². The Hall–Kier alpha value is -3.00. The summed E-state index contributed by atoms with van der Waals surface area (Å²) in [6.07, 6.45) is 0. The second-order valence-electron chi connectivity index (χ2n) is 6.38. The number of aryl methyl sites for hydroxylation is 2. The lowest BCUT2D eigenvalue weighted by Gasteiger charge is -2.36. The van der Waals surface area contributed by atoms with E-state index < -0.39 is 0 Å². The highest BCUT2D eigenvalue weighted by Crippen LogP contribution is 2.20. The van der Waals surface area contributed by atoms with Crippen molar-refractivity contribution in [3.8, 4) is 6.07 Å². The van der Waals surface area contributed by atoms with Crippen LogP contribution in [0.2, 0.25) is 0 Å². The van der Waals surface area contributed by atoms with Gasteiger partial charge >= 0.3 is 6.03 Å². The molecule has 1 aliphatic heterocycles. The van der Waals surface area contributed by atoms with Crippen LogP contribution in [-0.2, 0) is 0 Å². The van der Waals surface area contributed by atoms with E-state index in [0.717, 1.165) is 35.6 Å². The molecule has 128 valence electrons. The summed E-state index contributed by atoms with van der Waals surface area (Å²) in [7, 11) is 0. The molecule has 1 fully saturated rings. The molecular formula is C20H22N4O. The second kappa shape index (κ2) is 7.27. The molecule has 0 spiro atoms. The van der Waals surface area contributed by atoms with Crippen LogP contribution in [0.1, 0.15) is 16.7 Å². The summed E-state index contributed by atoms with van der Waals surface area (Å²) < 4.78 is 0. The summed E-state index contributed by atoms with van der Waals surface area (Å²) in [6.45, 7) is 6.85. The maximum Gasteiger partial charge on any atom is 0.321 e. The number of amides is 2. The number of urea groups is 1. The summed E-state index contributed by atoms with van der Waals surface area (Å²) in [5, 5.41) is 12.0. The number of carbonyl (C=O) groups is 1. The average molecular weight is 334 g/mol. The van der Waals surface area contributed by atoms with E-state index in [1.54, 1.807) is 6.07 Å². The molecule has 25 heavy (non-hydrogen) atoms. The molecule has 0 radical (unpaired) electrons. The Morgan fingerprint density at radius 3 is 2.56 bits per heavy atom. The molecule has 0 atom stereocenters. The highest BCUT2D eigenvalue weighted by Gasteiger charge is 2.21. The van der Waals surface area contributed by atoms with Gasteiger partial charge in [-0.25, -0.2) is 4.79 Å². The van der Waals surface area contributed by atoms with Crippen LogP contribution in [0.25, 0.3) is 0 Å². The van der Waals surface area contributed by atoms with Crippen LogP contribution >= 0.6 is 0 Å². The van der Waals surface area contributed by atoms with E-state index in [4.69, 9.17) is 5.26 Å². The predicted molar refractivity (Wildman–Crippen MR) is 99.9 cm³/mol. The van der Waals surface area contributed by atoms with Crippen molar-refractivity contribution < 1.29 is 4.79 Å². The van der Waals surface area contributed by atoms with E-state index in [1.807, 2.05) is 55.1 Å². The Labute approximate surface area is 148 Å². The number of anilines is 2. The van der Waals surface area contributed by atoms with Crippen molar-refractivity contribution >= 4 is 17.4 Å². The zero-order valence-corrected chi connectivity index (χ0v) is 14.6. The maximum atomic E-state index is 12.5. The Bertz CT molecular complexity index is 817. The number of piperazine rings is 1. The van der Waals surface area contributed by atoms with Crippen molar-refractivity contribution in [3.05, 3.63) is 59.2 Å². The fraction of sp³-hybridized carbons (Fsp3) is 0.300. The standard InChI is InChI=1S/C20H22N4O/c1-15-6-7-16(2)19(12-15)22-20(25)24-10-8-23(9-11-24)18-5-3-4-17(13-18)14-21/h3-7,12-13H,8-11H2,1-2H3,(H,22,25). The number of nitrogens with zero attached hydrogens (tertiary/aromatic N) is 3. The van der Waals surface area contributed by atoms with Gasteiger partial charge in [0.1, 0.15) is 0 Å². The summed E-state index contributed by atoms with van der Waals surface area (Å²) in [6, 6.07) is 15.8. The van der Waals surface area contributed by atoms with Crippen LogP contribution in [0.15, 0.2) is 42.5 Å². The first kappa shape index (κ1) is 16.8. The van der Waals surface area contributed by atoms with E-state index in [2.05, 4.69) is 16.3 Å². The first-order valence-corrected chi connectivity index (χ1v) is 8.45. The van der Waals surface area contributed by atoms with Crippen LogP contribution in [0, 0.1) is 25.2 Å². The molecule has 1 saturated heterocycles. The van der Waals surface area contributed by atoms with Crippen molar-refractivity contribution in [1.29, 1.82) is 5.26 Å². The minimum atomic E-state index is -0.0564. The summed E-state index contributed by atoms with van der Waals surface area (Å²) in [5.74, 6) is 0. The smallest absolute Gasteiger partial charge is 0.321 e. The van der Waals surface area contributed by atoms with Crippen LogP contribution in [-0.4, -0.2) is 37.1 Å². The molecule has 0 aliphatic carbocycles. The predicted octanol–water partition coefficient (Wildman–Crippen LogP) is 3.53. The van der Waals surface area contributed by atoms with Gasteiger partial charge in [-0.1, -0.05) is 18.2 Å². The topological polar surface area (TPSA) is 59.4 Å². The minimum Gasteiger partial charge on any atom is -0.368 e. The Kier molecular flexibility index (Phi) is 4.90. The molecule has 5 nitrogen and oxygen atoms in total. The zero-order chi connectivity index (χ0) is 17.8. The molecule has 1 N–H and O–H groups in total. The molecular weight excluding hydrogens is 312 g/mol. The quantitative estimate of drug-likeness (QED) is 0.914. The lowest BCUT2D eigenvalue weighted by atomic mass is 10.1. The number of rotatable bonds is 2. The number of nitrogens with one attached hydrogen (secondary N) is 1. The van der Waals surface area contributed by atoms with Gasteiger partial charge in [0.15, 0.2) is 0 Å². The van der Waals surface area contributed by atoms with Crippen molar-refractivity contribution in [1.82, 2.24) is 4.90 Å². The van der Waals surface area contributed by atoms with Crippen LogP contribution in [0.4, 0.5) is 16.2 Å². The van der Waals surface area contributed by atoms with E-state index >= 15 is 0 Å². The lowest BCUT2D eigenvalue weighted by molar-refractivity contribution is 0.208. The van der Waals surface area contributed by atoms with Gasteiger partial charge in [-0.3, -0.25) is 0 Å². The van der Waals surface area contributed by atoms with Gasteiger partial charge in [0.2, 0.25) is 0 Å².